The molecule has 0 bridgehead atoms. The van der Waals surface area contributed by atoms with Gasteiger partial charge in [0.05, 0.1) is 13.1 Å². The van der Waals surface area contributed by atoms with E-state index < -0.39 is 0 Å². The van der Waals surface area contributed by atoms with Crippen molar-refractivity contribution in [2.24, 2.45) is 0 Å². The topological polar surface area (TPSA) is 52.7 Å². The fourth-order valence-electron chi connectivity index (χ4n) is 3.43. The molecule has 3 rings (SSSR count). The van der Waals surface area contributed by atoms with E-state index >= 15 is 0 Å². The van der Waals surface area contributed by atoms with E-state index in [1.54, 1.807) is 12.1 Å². The summed E-state index contributed by atoms with van der Waals surface area (Å²) in [7, 11) is 0. The maximum absolute atomic E-state index is 13.0. The number of likely N-dealkylation sites (tertiary alicyclic amines) is 1. The summed E-state index contributed by atoms with van der Waals surface area (Å²) in [6, 6.07) is 13.9. The Labute approximate surface area is 171 Å². The van der Waals surface area contributed by atoms with Gasteiger partial charge in [-0.15, -0.1) is 0 Å². The molecule has 0 spiro atoms. The minimum atomic E-state index is -0.304. The summed E-state index contributed by atoms with van der Waals surface area (Å²) in [5.74, 6) is -0.431. The molecule has 29 heavy (non-hydrogen) atoms. The van der Waals surface area contributed by atoms with Gasteiger partial charge in [0, 0.05) is 25.3 Å². The zero-order valence-corrected chi connectivity index (χ0v) is 16.9. The van der Waals surface area contributed by atoms with Gasteiger partial charge in [-0.05, 0) is 56.0 Å². The number of amides is 2. The molecule has 2 aromatic rings. The summed E-state index contributed by atoms with van der Waals surface area (Å²) in [6.45, 7) is 4.16. The quantitative estimate of drug-likeness (QED) is 0.780. The summed E-state index contributed by atoms with van der Waals surface area (Å²) in [6.07, 6.45) is 3.24. The zero-order chi connectivity index (χ0) is 20.6. The van der Waals surface area contributed by atoms with Crippen molar-refractivity contribution >= 4 is 17.5 Å². The SMILES string of the molecule is Cc1ccc(N(CC(=O)NCc2ccc(F)cc2)CC(=O)N2CCCCC2)cc1. The number of aryl methyl sites for hydroxylation is 1. The van der Waals surface area contributed by atoms with Gasteiger partial charge in [0.15, 0.2) is 0 Å². The first-order chi connectivity index (χ1) is 14.0. The highest BCUT2D eigenvalue weighted by Crippen LogP contribution is 2.16. The molecular formula is C23H28FN3O2. The molecule has 5 nitrogen and oxygen atoms in total. The van der Waals surface area contributed by atoms with Gasteiger partial charge < -0.3 is 15.1 Å². The van der Waals surface area contributed by atoms with E-state index in [2.05, 4.69) is 5.32 Å². The predicted octanol–water partition coefficient (Wildman–Crippen LogP) is 3.27. The highest BCUT2D eigenvalue weighted by atomic mass is 19.1. The fraction of sp³-hybridized carbons (Fsp3) is 0.391. The van der Waals surface area contributed by atoms with Gasteiger partial charge in [0.2, 0.25) is 11.8 Å². The second kappa shape index (κ2) is 10.0. The monoisotopic (exact) mass is 397 g/mol. The van der Waals surface area contributed by atoms with Crippen LogP contribution in [0.5, 0.6) is 0 Å². The van der Waals surface area contributed by atoms with E-state index in [9.17, 15) is 14.0 Å². The molecule has 1 aliphatic rings. The van der Waals surface area contributed by atoms with Gasteiger partial charge >= 0.3 is 0 Å². The average molecular weight is 397 g/mol. The van der Waals surface area contributed by atoms with Gasteiger partial charge in [-0.1, -0.05) is 29.8 Å². The molecule has 0 aromatic heterocycles. The van der Waals surface area contributed by atoms with Crippen LogP contribution >= 0.6 is 0 Å². The molecule has 154 valence electrons. The lowest BCUT2D eigenvalue weighted by molar-refractivity contribution is -0.130. The number of nitrogens with one attached hydrogen (secondary N) is 1. The Balaban J connectivity index is 1.63. The van der Waals surface area contributed by atoms with Crippen LogP contribution in [0.2, 0.25) is 0 Å². The lowest BCUT2D eigenvalue weighted by Gasteiger charge is -2.30. The molecular weight excluding hydrogens is 369 g/mol. The maximum Gasteiger partial charge on any atom is 0.242 e. The summed E-state index contributed by atoms with van der Waals surface area (Å²) < 4.78 is 13.0. The second-order valence-corrected chi connectivity index (χ2v) is 7.54. The number of carbonyl (C=O) groups excluding carboxylic acids is 2. The van der Waals surface area contributed by atoms with Crippen molar-refractivity contribution < 1.29 is 14.0 Å². The van der Waals surface area contributed by atoms with Crippen molar-refractivity contribution in [2.45, 2.75) is 32.7 Å². The van der Waals surface area contributed by atoms with Crippen LogP contribution in [0.3, 0.4) is 0 Å². The van der Waals surface area contributed by atoms with E-state index in [0.717, 1.165) is 49.2 Å². The minimum absolute atomic E-state index is 0.0524. The van der Waals surface area contributed by atoms with Crippen LogP contribution in [0.15, 0.2) is 48.5 Å². The Kier molecular flexibility index (Phi) is 7.22. The van der Waals surface area contributed by atoms with Crippen molar-refractivity contribution in [1.29, 1.82) is 0 Å². The number of rotatable bonds is 7. The molecule has 6 heteroatoms. The highest BCUT2D eigenvalue weighted by Gasteiger charge is 2.21. The van der Waals surface area contributed by atoms with E-state index in [0.29, 0.717) is 6.54 Å². The first-order valence-electron chi connectivity index (χ1n) is 10.1. The van der Waals surface area contributed by atoms with Gasteiger partial charge in [-0.3, -0.25) is 9.59 Å². The van der Waals surface area contributed by atoms with Crippen LogP contribution in [0.1, 0.15) is 30.4 Å². The lowest BCUT2D eigenvalue weighted by atomic mass is 10.1. The Morgan fingerprint density at radius 1 is 0.966 bits per heavy atom. The molecule has 2 aromatic carbocycles. The third kappa shape index (κ3) is 6.31. The standard InChI is InChI=1S/C23H28FN3O2/c1-18-5-11-21(12-6-18)27(17-23(29)26-13-3-2-4-14-26)16-22(28)25-15-19-7-9-20(24)10-8-19/h5-12H,2-4,13-17H2,1H3,(H,25,28). The van der Waals surface area contributed by atoms with Crippen LogP contribution in [0.25, 0.3) is 0 Å². The van der Waals surface area contributed by atoms with Crippen molar-refractivity contribution in [3.8, 4) is 0 Å². The molecule has 2 amide bonds. The van der Waals surface area contributed by atoms with E-state index in [4.69, 9.17) is 0 Å². The van der Waals surface area contributed by atoms with Crippen LogP contribution in [0, 0.1) is 12.7 Å². The molecule has 0 atom stereocenters. The van der Waals surface area contributed by atoms with Crippen molar-refractivity contribution in [3.63, 3.8) is 0 Å². The Bertz CT molecular complexity index is 815. The van der Waals surface area contributed by atoms with Gasteiger partial charge in [0.25, 0.3) is 0 Å². The summed E-state index contributed by atoms with van der Waals surface area (Å²) in [5.41, 5.74) is 2.79. The number of nitrogens with zero attached hydrogens (tertiary/aromatic N) is 2. The normalized spacial score (nSPS) is 13.8. The molecule has 0 radical (unpaired) electrons. The van der Waals surface area contributed by atoms with Crippen molar-refractivity contribution in [3.05, 3.63) is 65.5 Å². The number of benzene rings is 2. The smallest absolute Gasteiger partial charge is 0.242 e. The predicted molar refractivity (Wildman–Crippen MR) is 112 cm³/mol. The van der Waals surface area contributed by atoms with Crippen LogP contribution in [-0.4, -0.2) is 42.9 Å². The average Bonchev–Trinajstić information content (AvgIpc) is 2.74. The Hall–Kier alpha value is -2.89. The molecule has 0 unspecified atom stereocenters. The minimum Gasteiger partial charge on any atom is -0.353 e. The summed E-state index contributed by atoms with van der Waals surface area (Å²) in [5, 5.41) is 2.85. The number of carbonyl (C=O) groups is 2. The molecule has 0 saturated carbocycles. The van der Waals surface area contributed by atoms with Gasteiger partial charge in [0.1, 0.15) is 5.82 Å². The number of anilines is 1. The van der Waals surface area contributed by atoms with E-state index in [-0.39, 0.29) is 30.7 Å². The van der Waals surface area contributed by atoms with Crippen LogP contribution in [-0.2, 0) is 16.1 Å². The third-order valence-electron chi connectivity index (χ3n) is 5.17. The molecule has 1 aliphatic heterocycles. The molecule has 0 aliphatic carbocycles. The Morgan fingerprint density at radius 3 is 2.28 bits per heavy atom. The fourth-order valence-corrected chi connectivity index (χ4v) is 3.43. The molecule has 1 N–H and O–H groups in total. The second-order valence-electron chi connectivity index (χ2n) is 7.54. The van der Waals surface area contributed by atoms with Gasteiger partial charge in [-0.2, -0.15) is 0 Å². The number of hydrogen-bond acceptors (Lipinski definition) is 3. The van der Waals surface area contributed by atoms with Crippen molar-refractivity contribution in [2.75, 3.05) is 31.1 Å². The Morgan fingerprint density at radius 2 is 1.62 bits per heavy atom. The largest absolute Gasteiger partial charge is 0.353 e. The zero-order valence-electron chi connectivity index (χ0n) is 16.9. The highest BCUT2D eigenvalue weighted by molar-refractivity contribution is 5.86. The van der Waals surface area contributed by atoms with Crippen LogP contribution in [0.4, 0.5) is 10.1 Å². The first kappa shape index (κ1) is 20.8. The summed E-state index contributed by atoms with van der Waals surface area (Å²) in [4.78, 5) is 29.0. The van der Waals surface area contributed by atoms with Crippen LogP contribution < -0.4 is 10.2 Å². The molecule has 1 fully saturated rings. The molecule has 1 saturated heterocycles. The maximum atomic E-state index is 13.0. The van der Waals surface area contributed by atoms with E-state index in [1.807, 2.05) is 41.0 Å². The van der Waals surface area contributed by atoms with Gasteiger partial charge in [-0.25, -0.2) is 4.39 Å². The number of hydrogen-bond donors (Lipinski definition) is 1. The molecule has 1 heterocycles. The number of halogens is 1. The lowest BCUT2D eigenvalue weighted by Crippen LogP contribution is -2.45. The first-order valence-corrected chi connectivity index (χ1v) is 10.1. The van der Waals surface area contributed by atoms with E-state index in [1.165, 1.54) is 12.1 Å². The van der Waals surface area contributed by atoms with Crippen molar-refractivity contribution in [1.82, 2.24) is 10.2 Å². The summed E-state index contributed by atoms with van der Waals surface area (Å²) >= 11 is 0. The number of piperidine rings is 1. The third-order valence-corrected chi connectivity index (χ3v) is 5.17.